The first kappa shape index (κ1) is 35.4. The van der Waals surface area contributed by atoms with Crippen LogP contribution in [-0.2, 0) is 33.1 Å². The summed E-state index contributed by atoms with van der Waals surface area (Å²) in [7, 11) is 0. The molecule has 0 saturated carbocycles. The van der Waals surface area contributed by atoms with Crippen LogP contribution in [0.1, 0.15) is 48.4 Å². The normalized spacial score (nSPS) is 11.7. The number of nitrogen functional groups attached to an aromatic ring is 1. The average molecular weight is 624 g/mol. The lowest BCUT2D eigenvalue weighted by Gasteiger charge is -2.21. The number of nitrogens with zero attached hydrogens (tertiary/aromatic N) is 2. The molecular formula is C30H37N7O6S. The molecule has 0 bridgehead atoms. The molecule has 2 unspecified atom stereocenters. The van der Waals surface area contributed by atoms with E-state index < -0.39 is 16.9 Å². The molecule has 1 heterocycles. The number of hydrogen-bond acceptors (Lipinski definition) is 9. The summed E-state index contributed by atoms with van der Waals surface area (Å²) in [5.74, 6) is -0.504. The van der Waals surface area contributed by atoms with Crippen LogP contribution >= 0.6 is 11.9 Å². The molecule has 0 fully saturated rings. The molecule has 44 heavy (non-hydrogen) atoms. The number of pyridine rings is 1. The molecule has 3 rings (SSSR count). The Balaban J connectivity index is 0.000000432. The van der Waals surface area contributed by atoms with Crippen LogP contribution in [0.3, 0.4) is 0 Å². The van der Waals surface area contributed by atoms with Crippen molar-refractivity contribution >= 4 is 41.8 Å². The summed E-state index contributed by atoms with van der Waals surface area (Å²) < 4.78 is 3.18. The van der Waals surface area contributed by atoms with Crippen molar-refractivity contribution in [3.8, 4) is 0 Å². The second-order valence-corrected chi connectivity index (χ2v) is 10.5. The quantitative estimate of drug-likeness (QED) is 0.0322. The van der Waals surface area contributed by atoms with Crippen LogP contribution in [0.15, 0.2) is 73.1 Å². The maximum absolute atomic E-state index is 12.8. The number of amidine groups is 1. The van der Waals surface area contributed by atoms with E-state index in [0.717, 1.165) is 16.7 Å². The van der Waals surface area contributed by atoms with Crippen molar-refractivity contribution in [1.29, 1.82) is 5.41 Å². The van der Waals surface area contributed by atoms with Crippen molar-refractivity contribution < 1.29 is 24.4 Å². The lowest BCUT2D eigenvalue weighted by Crippen LogP contribution is -2.45. The third kappa shape index (κ3) is 13.9. The number of non-ortho nitro benzene ring substituents is 1. The molecule has 0 spiro atoms. The van der Waals surface area contributed by atoms with Crippen molar-refractivity contribution in [2.45, 2.75) is 57.0 Å². The zero-order chi connectivity index (χ0) is 32.3. The van der Waals surface area contributed by atoms with Gasteiger partial charge in [0.1, 0.15) is 5.84 Å². The summed E-state index contributed by atoms with van der Waals surface area (Å²) in [6, 6.07) is 16.5. The van der Waals surface area contributed by atoms with E-state index in [9.17, 15) is 24.5 Å². The number of aromatic nitrogens is 1. The first-order valence-electron chi connectivity index (χ1n) is 13.7. The van der Waals surface area contributed by atoms with Gasteiger partial charge in [0.15, 0.2) is 0 Å². The van der Waals surface area contributed by atoms with E-state index in [1.54, 1.807) is 43.6 Å². The van der Waals surface area contributed by atoms with Gasteiger partial charge < -0.3 is 21.5 Å². The SMILES string of the molecule is CC(CCC(=O)O)NC(=O)C(CCc1ccncc1)NSCc1ccc([N+](=O)[O-])cc1.N=C(N)c1ccc(CNC=O)cc1. The second kappa shape index (κ2) is 19.4. The number of hydrogen-bond donors (Lipinski definition) is 6. The number of nitro groups is 1. The number of benzene rings is 2. The van der Waals surface area contributed by atoms with E-state index in [0.29, 0.717) is 43.5 Å². The summed E-state index contributed by atoms with van der Waals surface area (Å²) in [6.45, 7) is 2.28. The molecule has 3 aromatic rings. The van der Waals surface area contributed by atoms with Crippen molar-refractivity contribution in [3.63, 3.8) is 0 Å². The van der Waals surface area contributed by atoms with Crippen molar-refractivity contribution in [1.82, 2.24) is 20.3 Å². The summed E-state index contributed by atoms with van der Waals surface area (Å²) in [5.41, 5.74) is 8.94. The number of nitrogens with two attached hydrogens (primary N) is 1. The van der Waals surface area contributed by atoms with Crippen LogP contribution in [0.4, 0.5) is 5.69 Å². The van der Waals surface area contributed by atoms with Gasteiger partial charge in [-0.3, -0.25) is 39.6 Å². The van der Waals surface area contributed by atoms with Crippen LogP contribution in [-0.4, -0.2) is 51.2 Å². The van der Waals surface area contributed by atoms with Gasteiger partial charge >= 0.3 is 5.97 Å². The molecule has 2 atom stereocenters. The van der Waals surface area contributed by atoms with Gasteiger partial charge in [-0.05, 0) is 55.0 Å². The van der Waals surface area contributed by atoms with Crippen molar-refractivity contribution in [2.75, 3.05) is 0 Å². The van der Waals surface area contributed by atoms with Gasteiger partial charge in [-0.25, -0.2) is 0 Å². The number of carboxylic acids is 1. The maximum atomic E-state index is 12.8. The van der Waals surface area contributed by atoms with E-state index in [1.807, 2.05) is 24.3 Å². The van der Waals surface area contributed by atoms with Gasteiger partial charge in [0.2, 0.25) is 12.3 Å². The molecular weight excluding hydrogens is 586 g/mol. The topological polar surface area (TPSA) is 213 Å². The number of rotatable bonds is 17. The summed E-state index contributed by atoms with van der Waals surface area (Å²) >= 11 is 1.35. The summed E-state index contributed by atoms with van der Waals surface area (Å²) in [6.07, 6.45) is 5.63. The lowest BCUT2D eigenvalue weighted by molar-refractivity contribution is -0.384. The third-order valence-electron chi connectivity index (χ3n) is 6.23. The highest BCUT2D eigenvalue weighted by Crippen LogP contribution is 2.17. The molecule has 14 heteroatoms. The number of carbonyl (C=O) groups is 3. The number of nitro benzene ring substituents is 1. The summed E-state index contributed by atoms with van der Waals surface area (Å²) in [4.78, 5) is 47.8. The van der Waals surface area contributed by atoms with Gasteiger partial charge in [0.05, 0.1) is 11.0 Å². The summed E-state index contributed by atoms with van der Waals surface area (Å²) in [5, 5.41) is 32.1. The highest BCUT2D eigenvalue weighted by molar-refractivity contribution is 7.96. The molecule has 0 aliphatic carbocycles. The zero-order valence-electron chi connectivity index (χ0n) is 24.3. The fourth-order valence-electron chi connectivity index (χ4n) is 3.76. The van der Waals surface area contributed by atoms with E-state index in [-0.39, 0.29) is 29.9 Å². The maximum Gasteiger partial charge on any atom is 0.303 e. The molecule has 2 aromatic carbocycles. The minimum atomic E-state index is -0.896. The van der Waals surface area contributed by atoms with Gasteiger partial charge in [0, 0.05) is 54.9 Å². The highest BCUT2D eigenvalue weighted by Gasteiger charge is 2.20. The Hall–Kier alpha value is -4.82. The number of nitrogens with one attached hydrogen (secondary N) is 4. The molecule has 0 aliphatic heterocycles. The first-order chi connectivity index (χ1) is 21.1. The Labute approximate surface area is 259 Å². The Morgan fingerprint density at radius 1 is 1.05 bits per heavy atom. The predicted molar refractivity (Wildman–Crippen MR) is 169 cm³/mol. The number of amides is 2. The standard InChI is InChI=1S/C21H26N4O5S.C9H11N3O/c1-15(2-9-20(26)27)23-21(28)19(8-5-16-10-12-22-13-11-16)24-31-14-17-3-6-18(7-4-17)25(29)30;10-9(11)8-3-1-7(2-4-8)5-12-6-13/h3-4,6-7,10-13,15,19,24H,2,5,8-9,14H2,1H3,(H,23,28)(H,26,27);1-4,6H,5H2,(H3,10,11)(H,12,13). The number of aliphatic carboxylic acids is 1. The molecule has 0 aliphatic rings. The monoisotopic (exact) mass is 623 g/mol. The van der Waals surface area contributed by atoms with E-state index in [4.69, 9.17) is 16.2 Å². The van der Waals surface area contributed by atoms with Gasteiger partial charge in [-0.15, -0.1) is 0 Å². The molecule has 2 amide bonds. The number of carboxylic acid groups (broad SMARTS) is 1. The molecule has 7 N–H and O–H groups in total. The van der Waals surface area contributed by atoms with E-state index in [1.165, 1.54) is 24.1 Å². The smallest absolute Gasteiger partial charge is 0.303 e. The van der Waals surface area contributed by atoms with Gasteiger partial charge in [0.25, 0.3) is 5.69 Å². The molecule has 13 nitrogen and oxygen atoms in total. The molecule has 0 radical (unpaired) electrons. The minimum absolute atomic E-state index is 0.00848. The Morgan fingerprint density at radius 3 is 2.25 bits per heavy atom. The number of aryl methyl sites for hydroxylation is 1. The van der Waals surface area contributed by atoms with Gasteiger partial charge in [-0.1, -0.05) is 48.3 Å². The fourth-order valence-corrected chi connectivity index (χ4v) is 4.63. The van der Waals surface area contributed by atoms with Crippen LogP contribution in [0.5, 0.6) is 0 Å². The molecule has 234 valence electrons. The van der Waals surface area contributed by atoms with Crippen molar-refractivity contribution in [2.24, 2.45) is 5.73 Å². The Kier molecular flexibility index (Phi) is 15.6. The van der Waals surface area contributed by atoms with Crippen LogP contribution in [0.2, 0.25) is 0 Å². The largest absolute Gasteiger partial charge is 0.481 e. The average Bonchev–Trinajstić information content (AvgIpc) is 3.01. The van der Waals surface area contributed by atoms with Crippen LogP contribution in [0, 0.1) is 15.5 Å². The minimum Gasteiger partial charge on any atom is -0.481 e. The van der Waals surface area contributed by atoms with E-state index in [2.05, 4.69) is 20.3 Å². The molecule has 0 saturated heterocycles. The van der Waals surface area contributed by atoms with Crippen LogP contribution < -0.4 is 21.1 Å². The Morgan fingerprint density at radius 2 is 1.68 bits per heavy atom. The van der Waals surface area contributed by atoms with Crippen LogP contribution in [0.25, 0.3) is 0 Å². The third-order valence-corrected chi connectivity index (χ3v) is 7.16. The fraction of sp³-hybridized carbons (Fsp3) is 0.300. The molecule has 1 aromatic heterocycles. The zero-order valence-corrected chi connectivity index (χ0v) is 25.1. The van der Waals surface area contributed by atoms with Crippen molar-refractivity contribution in [3.05, 3.63) is 105 Å². The van der Waals surface area contributed by atoms with E-state index >= 15 is 0 Å². The number of carbonyl (C=O) groups excluding carboxylic acids is 2. The first-order valence-corrected chi connectivity index (χ1v) is 14.7. The highest BCUT2D eigenvalue weighted by atomic mass is 32.2. The second-order valence-electron chi connectivity index (χ2n) is 9.73. The Bertz CT molecular complexity index is 1360. The lowest BCUT2D eigenvalue weighted by atomic mass is 10.1. The van der Waals surface area contributed by atoms with Gasteiger partial charge in [-0.2, -0.15) is 0 Å². The predicted octanol–water partition coefficient (Wildman–Crippen LogP) is 3.32.